The number of hydrogen-bond acceptors (Lipinski definition) is 4. The SMILES string of the molecule is C1=CC23CCCCCCCCC(C=Nc4ncncc42)(C1)N3. The van der Waals surface area contributed by atoms with Gasteiger partial charge in [0.2, 0.25) is 0 Å². The lowest BCUT2D eigenvalue weighted by Crippen LogP contribution is -2.57. The van der Waals surface area contributed by atoms with Gasteiger partial charge in [-0.05, 0) is 19.3 Å². The largest absolute Gasteiger partial charge is 0.293 e. The van der Waals surface area contributed by atoms with E-state index >= 15 is 0 Å². The summed E-state index contributed by atoms with van der Waals surface area (Å²) in [6.07, 6.45) is 21.6. The van der Waals surface area contributed by atoms with E-state index in [1.165, 1.54) is 38.5 Å². The second-order valence-electron chi connectivity index (χ2n) is 7.00. The molecular weight excluding hydrogens is 272 g/mol. The van der Waals surface area contributed by atoms with Gasteiger partial charge in [-0.3, -0.25) is 5.32 Å². The molecule has 0 saturated carbocycles. The first-order valence-corrected chi connectivity index (χ1v) is 8.65. The molecule has 22 heavy (non-hydrogen) atoms. The van der Waals surface area contributed by atoms with Crippen LogP contribution in [0.1, 0.15) is 63.4 Å². The Kier molecular flexibility index (Phi) is 3.57. The van der Waals surface area contributed by atoms with Gasteiger partial charge in [0.1, 0.15) is 6.33 Å². The Bertz CT molecular complexity index is 609. The topological polar surface area (TPSA) is 50.2 Å². The number of hydrogen-bond donors (Lipinski definition) is 1. The summed E-state index contributed by atoms with van der Waals surface area (Å²) in [4.78, 5) is 13.5. The predicted molar refractivity (Wildman–Crippen MR) is 88.4 cm³/mol. The standard InChI is InChI=1S/C18H24N4/c1-2-4-6-10-18-11-7-9-17(22-18,8-5-3-1)13-20-16-15(18)12-19-14-21-16/h7,11-14,22H,1-6,8-10H2. The highest BCUT2D eigenvalue weighted by molar-refractivity contribution is 5.76. The molecule has 1 saturated heterocycles. The molecule has 0 aromatic carbocycles. The second-order valence-corrected chi connectivity index (χ2v) is 7.00. The molecule has 4 rings (SSSR count). The third-order valence-electron chi connectivity index (χ3n) is 5.41. The number of aliphatic imine (C=N–C) groups is 1. The van der Waals surface area contributed by atoms with Crippen LogP contribution in [0.5, 0.6) is 0 Å². The summed E-state index contributed by atoms with van der Waals surface area (Å²) < 4.78 is 0. The summed E-state index contributed by atoms with van der Waals surface area (Å²) in [5.41, 5.74) is 0.985. The highest BCUT2D eigenvalue weighted by atomic mass is 15.1. The molecule has 2 unspecified atom stereocenters. The van der Waals surface area contributed by atoms with Crippen LogP contribution in [0.25, 0.3) is 0 Å². The molecule has 2 bridgehead atoms. The van der Waals surface area contributed by atoms with E-state index in [1.54, 1.807) is 6.33 Å². The van der Waals surface area contributed by atoms with Crippen LogP contribution in [-0.2, 0) is 5.54 Å². The molecular formula is C18H24N4. The summed E-state index contributed by atoms with van der Waals surface area (Å²) in [5.74, 6) is 0.841. The Balaban J connectivity index is 1.82. The fourth-order valence-electron chi connectivity index (χ4n) is 4.24. The molecule has 116 valence electrons. The van der Waals surface area contributed by atoms with Crippen molar-refractivity contribution in [2.75, 3.05) is 0 Å². The average Bonchev–Trinajstić information content (AvgIpc) is 2.65. The predicted octanol–water partition coefficient (Wildman–Crippen LogP) is 3.81. The zero-order valence-corrected chi connectivity index (χ0v) is 13.1. The van der Waals surface area contributed by atoms with Gasteiger partial charge in [-0.15, -0.1) is 0 Å². The summed E-state index contributed by atoms with van der Waals surface area (Å²) in [6, 6.07) is 0. The minimum absolute atomic E-state index is 0.0141. The Labute approximate surface area is 132 Å². The molecule has 1 N–H and O–H groups in total. The number of rotatable bonds is 0. The smallest absolute Gasteiger partial charge is 0.160 e. The quantitative estimate of drug-likeness (QED) is 0.741. The monoisotopic (exact) mass is 296 g/mol. The van der Waals surface area contributed by atoms with Crippen LogP contribution in [0.2, 0.25) is 0 Å². The molecule has 4 heterocycles. The molecule has 0 radical (unpaired) electrons. The lowest BCUT2D eigenvalue weighted by atomic mass is 9.77. The van der Waals surface area contributed by atoms with Crippen molar-refractivity contribution in [2.45, 2.75) is 68.9 Å². The van der Waals surface area contributed by atoms with Gasteiger partial charge >= 0.3 is 0 Å². The first kappa shape index (κ1) is 14.1. The number of nitrogens with one attached hydrogen (secondary N) is 1. The lowest BCUT2D eigenvalue weighted by Gasteiger charge is -2.44. The van der Waals surface area contributed by atoms with Crippen molar-refractivity contribution in [3.8, 4) is 0 Å². The van der Waals surface area contributed by atoms with Crippen molar-refractivity contribution in [1.82, 2.24) is 15.3 Å². The highest BCUT2D eigenvalue weighted by Gasteiger charge is 2.44. The minimum Gasteiger partial charge on any atom is -0.293 e. The zero-order chi connectivity index (χ0) is 14.9. The first-order chi connectivity index (χ1) is 10.8. The van der Waals surface area contributed by atoms with Crippen molar-refractivity contribution in [2.24, 2.45) is 4.99 Å². The summed E-state index contributed by atoms with van der Waals surface area (Å²) >= 11 is 0. The molecule has 0 spiro atoms. The van der Waals surface area contributed by atoms with Crippen LogP contribution in [0.15, 0.2) is 29.7 Å². The highest BCUT2D eigenvalue weighted by Crippen LogP contribution is 2.42. The minimum atomic E-state index is -0.143. The molecule has 1 aromatic heterocycles. The molecule has 4 nitrogen and oxygen atoms in total. The number of nitrogens with zero attached hydrogens (tertiary/aromatic N) is 3. The van der Waals surface area contributed by atoms with Crippen molar-refractivity contribution >= 4 is 12.0 Å². The van der Waals surface area contributed by atoms with Gasteiger partial charge in [-0.2, -0.15) is 0 Å². The van der Waals surface area contributed by atoms with Crippen molar-refractivity contribution in [3.63, 3.8) is 0 Å². The van der Waals surface area contributed by atoms with Crippen molar-refractivity contribution in [1.29, 1.82) is 0 Å². The molecule has 1 aromatic rings. The fraction of sp³-hybridized carbons (Fsp3) is 0.611. The van der Waals surface area contributed by atoms with Crippen LogP contribution < -0.4 is 5.32 Å². The van der Waals surface area contributed by atoms with E-state index < -0.39 is 0 Å². The van der Waals surface area contributed by atoms with E-state index in [4.69, 9.17) is 4.99 Å². The third kappa shape index (κ3) is 2.39. The molecule has 4 heteroatoms. The summed E-state index contributed by atoms with van der Waals surface area (Å²) in [7, 11) is 0. The Morgan fingerprint density at radius 1 is 1.00 bits per heavy atom. The molecule has 0 aliphatic carbocycles. The normalized spacial score (nSPS) is 34.4. The van der Waals surface area contributed by atoms with Gasteiger partial charge in [-0.1, -0.05) is 50.7 Å². The maximum absolute atomic E-state index is 4.75. The van der Waals surface area contributed by atoms with E-state index in [9.17, 15) is 0 Å². The Morgan fingerprint density at radius 2 is 1.82 bits per heavy atom. The van der Waals surface area contributed by atoms with Gasteiger partial charge in [0.25, 0.3) is 0 Å². The third-order valence-corrected chi connectivity index (χ3v) is 5.41. The van der Waals surface area contributed by atoms with Crippen molar-refractivity contribution in [3.05, 3.63) is 30.2 Å². The average molecular weight is 296 g/mol. The summed E-state index contributed by atoms with van der Waals surface area (Å²) in [6.45, 7) is 0. The zero-order valence-electron chi connectivity index (χ0n) is 13.1. The van der Waals surface area contributed by atoms with E-state index in [-0.39, 0.29) is 11.1 Å². The van der Waals surface area contributed by atoms with Gasteiger partial charge in [0.15, 0.2) is 5.82 Å². The molecule has 0 amide bonds. The Hall–Kier alpha value is -1.55. The number of aromatic nitrogens is 2. The number of fused-ring (bicyclic) bond motifs is 1. The lowest BCUT2D eigenvalue weighted by molar-refractivity contribution is 0.262. The van der Waals surface area contributed by atoms with Crippen molar-refractivity contribution < 1.29 is 0 Å². The van der Waals surface area contributed by atoms with E-state index in [0.29, 0.717) is 0 Å². The van der Waals surface area contributed by atoms with Gasteiger partial charge in [0.05, 0.1) is 11.1 Å². The first-order valence-electron chi connectivity index (χ1n) is 8.65. The fourth-order valence-corrected chi connectivity index (χ4v) is 4.24. The van der Waals surface area contributed by atoms with E-state index in [1.807, 2.05) is 6.20 Å². The summed E-state index contributed by atoms with van der Waals surface area (Å²) in [5, 5.41) is 3.98. The van der Waals surface area contributed by atoms with Gasteiger partial charge < -0.3 is 0 Å². The Morgan fingerprint density at radius 3 is 2.73 bits per heavy atom. The van der Waals surface area contributed by atoms with E-state index in [0.717, 1.165) is 30.6 Å². The maximum atomic E-state index is 4.75. The van der Waals surface area contributed by atoms with Gasteiger partial charge in [-0.25, -0.2) is 15.0 Å². The molecule has 1 fully saturated rings. The van der Waals surface area contributed by atoms with Crippen LogP contribution in [0.3, 0.4) is 0 Å². The van der Waals surface area contributed by atoms with Crippen LogP contribution in [-0.4, -0.2) is 21.7 Å². The van der Waals surface area contributed by atoms with Crippen LogP contribution >= 0.6 is 0 Å². The maximum Gasteiger partial charge on any atom is 0.160 e. The van der Waals surface area contributed by atoms with E-state index in [2.05, 4.69) is 33.7 Å². The van der Waals surface area contributed by atoms with Gasteiger partial charge in [0, 0.05) is 18.0 Å². The second kappa shape index (κ2) is 5.58. The molecule has 3 aliphatic heterocycles. The van der Waals surface area contributed by atoms with Crippen LogP contribution in [0.4, 0.5) is 5.82 Å². The molecule has 2 atom stereocenters. The van der Waals surface area contributed by atoms with Crippen LogP contribution in [0, 0.1) is 0 Å². The molecule has 3 aliphatic rings.